The molecule has 0 unspecified atom stereocenters. The quantitative estimate of drug-likeness (QED) is 0.897. The number of aromatic amines is 1. The SMILES string of the molecule is CC(C)C(=O)N1CCC(NC(=O)c2cc(-c3ccccc3)n[nH]2)CC1. The summed E-state index contributed by atoms with van der Waals surface area (Å²) in [5.41, 5.74) is 2.18. The standard InChI is InChI=1S/C19H24N4O2/c1-13(2)19(25)23-10-8-15(9-11-23)20-18(24)17-12-16(21-22-17)14-6-4-3-5-7-14/h3-7,12-13,15H,8-11H2,1-2H3,(H,20,24)(H,21,22). The number of amides is 2. The van der Waals surface area contributed by atoms with Crippen LogP contribution in [-0.4, -0.2) is 46.0 Å². The Bertz CT molecular complexity index is 731. The molecule has 1 aliphatic rings. The van der Waals surface area contributed by atoms with Crippen molar-refractivity contribution in [2.45, 2.75) is 32.7 Å². The highest BCUT2D eigenvalue weighted by Crippen LogP contribution is 2.18. The molecule has 2 aromatic rings. The molecular weight excluding hydrogens is 316 g/mol. The van der Waals surface area contributed by atoms with Gasteiger partial charge in [-0.15, -0.1) is 0 Å². The van der Waals surface area contributed by atoms with Crippen molar-refractivity contribution in [3.8, 4) is 11.3 Å². The highest BCUT2D eigenvalue weighted by atomic mass is 16.2. The molecule has 6 nitrogen and oxygen atoms in total. The number of likely N-dealkylation sites (tertiary alicyclic amines) is 1. The van der Waals surface area contributed by atoms with Crippen molar-refractivity contribution >= 4 is 11.8 Å². The molecule has 1 aromatic carbocycles. The molecule has 1 saturated heterocycles. The summed E-state index contributed by atoms with van der Waals surface area (Å²) in [6.07, 6.45) is 1.56. The van der Waals surface area contributed by atoms with Gasteiger partial charge in [-0.3, -0.25) is 14.7 Å². The number of carbonyl (C=O) groups is 2. The van der Waals surface area contributed by atoms with Crippen molar-refractivity contribution in [2.24, 2.45) is 5.92 Å². The summed E-state index contributed by atoms with van der Waals surface area (Å²) in [6.45, 7) is 5.22. The van der Waals surface area contributed by atoms with Crippen LogP contribution < -0.4 is 5.32 Å². The Hall–Kier alpha value is -2.63. The monoisotopic (exact) mass is 340 g/mol. The van der Waals surface area contributed by atoms with Crippen molar-refractivity contribution in [3.05, 3.63) is 42.1 Å². The lowest BCUT2D eigenvalue weighted by molar-refractivity contribution is -0.135. The number of nitrogens with zero attached hydrogens (tertiary/aromatic N) is 2. The fraction of sp³-hybridized carbons (Fsp3) is 0.421. The van der Waals surface area contributed by atoms with E-state index in [0.717, 1.165) is 24.1 Å². The van der Waals surface area contributed by atoms with Crippen LogP contribution >= 0.6 is 0 Å². The fourth-order valence-corrected chi connectivity index (χ4v) is 3.07. The number of benzene rings is 1. The van der Waals surface area contributed by atoms with E-state index >= 15 is 0 Å². The van der Waals surface area contributed by atoms with Crippen LogP contribution in [-0.2, 0) is 4.79 Å². The summed E-state index contributed by atoms with van der Waals surface area (Å²) >= 11 is 0. The molecule has 0 radical (unpaired) electrons. The lowest BCUT2D eigenvalue weighted by Gasteiger charge is -2.33. The van der Waals surface area contributed by atoms with E-state index in [9.17, 15) is 9.59 Å². The highest BCUT2D eigenvalue weighted by molar-refractivity contribution is 5.93. The minimum Gasteiger partial charge on any atom is -0.348 e. The first-order valence-corrected chi connectivity index (χ1v) is 8.75. The van der Waals surface area contributed by atoms with Gasteiger partial charge in [-0.1, -0.05) is 44.2 Å². The Labute approximate surface area is 147 Å². The van der Waals surface area contributed by atoms with Crippen LogP contribution in [0, 0.1) is 5.92 Å². The number of aromatic nitrogens is 2. The minimum absolute atomic E-state index is 0.0209. The summed E-state index contributed by atoms with van der Waals surface area (Å²) in [5, 5.41) is 10.1. The first kappa shape index (κ1) is 17.2. The molecule has 25 heavy (non-hydrogen) atoms. The number of nitrogens with one attached hydrogen (secondary N) is 2. The topological polar surface area (TPSA) is 78.1 Å². The molecule has 2 amide bonds. The zero-order valence-electron chi connectivity index (χ0n) is 14.7. The number of carbonyl (C=O) groups excluding carboxylic acids is 2. The minimum atomic E-state index is -0.150. The molecule has 6 heteroatoms. The predicted molar refractivity (Wildman–Crippen MR) is 95.9 cm³/mol. The van der Waals surface area contributed by atoms with Gasteiger partial charge in [-0.2, -0.15) is 5.10 Å². The van der Waals surface area contributed by atoms with E-state index in [4.69, 9.17) is 0 Å². The highest BCUT2D eigenvalue weighted by Gasteiger charge is 2.25. The lowest BCUT2D eigenvalue weighted by atomic mass is 10.0. The van der Waals surface area contributed by atoms with Gasteiger partial charge in [0.25, 0.3) is 5.91 Å². The first-order valence-electron chi connectivity index (χ1n) is 8.75. The van der Waals surface area contributed by atoms with Crippen LogP contribution in [0.25, 0.3) is 11.3 Å². The fourth-order valence-electron chi connectivity index (χ4n) is 3.07. The third-order valence-corrected chi connectivity index (χ3v) is 4.53. The van der Waals surface area contributed by atoms with Crippen LogP contribution in [0.1, 0.15) is 37.2 Å². The molecular formula is C19H24N4O2. The van der Waals surface area contributed by atoms with E-state index < -0.39 is 0 Å². The molecule has 3 rings (SSSR count). The van der Waals surface area contributed by atoms with Crippen molar-refractivity contribution in [1.82, 2.24) is 20.4 Å². The van der Waals surface area contributed by atoms with E-state index in [1.54, 1.807) is 6.07 Å². The number of hydrogen-bond acceptors (Lipinski definition) is 3. The Balaban J connectivity index is 1.55. The molecule has 132 valence electrons. The number of piperidine rings is 1. The molecule has 0 spiro atoms. The summed E-state index contributed by atoms with van der Waals surface area (Å²) < 4.78 is 0. The smallest absolute Gasteiger partial charge is 0.269 e. The maximum absolute atomic E-state index is 12.4. The molecule has 2 heterocycles. The third kappa shape index (κ3) is 4.07. The molecule has 0 atom stereocenters. The summed E-state index contributed by atoms with van der Waals surface area (Å²) in [5.74, 6) is 0.0571. The van der Waals surface area contributed by atoms with Gasteiger partial charge in [0, 0.05) is 30.6 Å². The van der Waals surface area contributed by atoms with Gasteiger partial charge >= 0.3 is 0 Å². The largest absolute Gasteiger partial charge is 0.348 e. The average Bonchev–Trinajstić information content (AvgIpc) is 3.13. The lowest BCUT2D eigenvalue weighted by Crippen LogP contribution is -2.47. The van der Waals surface area contributed by atoms with E-state index in [2.05, 4.69) is 15.5 Å². The molecule has 0 saturated carbocycles. The van der Waals surface area contributed by atoms with Crippen LogP contribution in [0.2, 0.25) is 0 Å². The Morgan fingerprint density at radius 1 is 1.20 bits per heavy atom. The van der Waals surface area contributed by atoms with Crippen molar-refractivity contribution in [1.29, 1.82) is 0 Å². The Morgan fingerprint density at radius 3 is 2.52 bits per heavy atom. The maximum atomic E-state index is 12.4. The molecule has 1 fully saturated rings. The predicted octanol–water partition coefficient (Wildman–Crippen LogP) is 2.45. The molecule has 0 aliphatic carbocycles. The second kappa shape index (κ2) is 7.51. The second-order valence-corrected chi connectivity index (χ2v) is 6.76. The zero-order valence-corrected chi connectivity index (χ0v) is 14.7. The van der Waals surface area contributed by atoms with Crippen LogP contribution in [0.5, 0.6) is 0 Å². The molecule has 2 N–H and O–H groups in total. The average molecular weight is 340 g/mol. The van der Waals surface area contributed by atoms with Crippen LogP contribution in [0.15, 0.2) is 36.4 Å². The van der Waals surface area contributed by atoms with Gasteiger partial charge in [-0.25, -0.2) is 0 Å². The normalized spacial score (nSPS) is 15.4. The molecule has 0 bridgehead atoms. The van der Waals surface area contributed by atoms with Crippen LogP contribution in [0.4, 0.5) is 0 Å². The Morgan fingerprint density at radius 2 is 1.88 bits per heavy atom. The third-order valence-electron chi connectivity index (χ3n) is 4.53. The summed E-state index contributed by atoms with van der Waals surface area (Å²) in [4.78, 5) is 26.3. The Kier molecular flexibility index (Phi) is 5.16. The number of rotatable bonds is 4. The summed E-state index contributed by atoms with van der Waals surface area (Å²) in [7, 11) is 0. The zero-order chi connectivity index (χ0) is 17.8. The first-order chi connectivity index (χ1) is 12.0. The van der Waals surface area contributed by atoms with Crippen molar-refractivity contribution < 1.29 is 9.59 Å². The van der Waals surface area contributed by atoms with Gasteiger partial charge in [-0.05, 0) is 18.9 Å². The van der Waals surface area contributed by atoms with E-state index in [1.165, 1.54) is 0 Å². The number of H-pyrrole nitrogens is 1. The van der Waals surface area contributed by atoms with Crippen LogP contribution in [0.3, 0.4) is 0 Å². The maximum Gasteiger partial charge on any atom is 0.269 e. The van der Waals surface area contributed by atoms with Gasteiger partial charge in [0.1, 0.15) is 5.69 Å². The number of hydrogen-bond donors (Lipinski definition) is 2. The molecule has 1 aliphatic heterocycles. The van der Waals surface area contributed by atoms with E-state index in [-0.39, 0.29) is 23.8 Å². The summed E-state index contributed by atoms with van der Waals surface area (Å²) in [6, 6.07) is 11.6. The van der Waals surface area contributed by atoms with Gasteiger partial charge < -0.3 is 10.2 Å². The van der Waals surface area contributed by atoms with Gasteiger partial charge in [0.15, 0.2) is 0 Å². The van der Waals surface area contributed by atoms with Gasteiger partial charge in [0.05, 0.1) is 5.69 Å². The second-order valence-electron chi connectivity index (χ2n) is 6.76. The van der Waals surface area contributed by atoms with E-state index in [0.29, 0.717) is 18.8 Å². The molecule has 1 aromatic heterocycles. The van der Waals surface area contributed by atoms with Crippen molar-refractivity contribution in [3.63, 3.8) is 0 Å². The van der Waals surface area contributed by atoms with Crippen molar-refractivity contribution in [2.75, 3.05) is 13.1 Å². The van der Waals surface area contributed by atoms with E-state index in [1.807, 2.05) is 49.1 Å². The van der Waals surface area contributed by atoms with Gasteiger partial charge in [0.2, 0.25) is 5.91 Å².